The molecule has 0 aromatic heterocycles. The molecule has 0 spiro atoms. The summed E-state index contributed by atoms with van der Waals surface area (Å²) in [7, 11) is 0. The van der Waals surface area contributed by atoms with E-state index in [4.69, 9.17) is 4.74 Å². The molecule has 6 heteroatoms. The zero-order valence-electron chi connectivity index (χ0n) is 17.6. The second-order valence-corrected chi connectivity index (χ2v) is 7.18. The van der Waals surface area contributed by atoms with Crippen LogP contribution in [0, 0.1) is 13.8 Å². The van der Waals surface area contributed by atoms with Crippen molar-refractivity contribution in [1.29, 1.82) is 0 Å². The van der Waals surface area contributed by atoms with Gasteiger partial charge in [-0.3, -0.25) is 9.59 Å². The molecule has 3 rings (SSSR count). The number of para-hydroxylation sites is 1. The lowest BCUT2D eigenvalue weighted by molar-refractivity contribution is -0.139. The number of rotatable bonds is 7. The standard InChI is InChI=1S/C25H25N3O3/c1-18-7-11-20(12-8-18)15-26-24(29)25(30)28-27-16-22-5-3-4-6-23(22)31-17-21-13-9-19(2)10-14-21/h3-14,16H,15,17H2,1-2H3,(H,26,29)(H,28,30)/b27-16-. The minimum atomic E-state index is -0.832. The van der Waals surface area contributed by atoms with E-state index in [-0.39, 0.29) is 6.54 Å². The van der Waals surface area contributed by atoms with Crippen molar-refractivity contribution < 1.29 is 14.3 Å². The number of amides is 2. The third kappa shape index (κ3) is 6.82. The number of aryl methyl sites for hydroxylation is 2. The van der Waals surface area contributed by atoms with Crippen LogP contribution >= 0.6 is 0 Å². The Balaban J connectivity index is 1.51. The summed E-state index contributed by atoms with van der Waals surface area (Å²) in [4.78, 5) is 23.9. The molecule has 3 aromatic rings. The number of carbonyl (C=O) groups excluding carboxylic acids is 2. The van der Waals surface area contributed by atoms with Crippen LogP contribution in [0.5, 0.6) is 5.75 Å². The third-order valence-electron chi connectivity index (χ3n) is 4.58. The highest BCUT2D eigenvalue weighted by molar-refractivity contribution is 6.35. The molecule has 2 amide bonds. The van der Waals surface area contributed by atoms with Crippen molar-refractivity contribution in [2.45, 2.75) is 27.0 Å². The Hall–Kier alpha value is -3.93. The van der Waals surface area contributed by atoms with Crippen molar-refractivity contribution in [2.75, 3.05) is 0 Å². The second kappa shape index (κ2) is 10.7. The van der Waals surface area contributed by atoms with Gasteiger partial charge in [0.25, 0.3) is 0 Å². The van der Waals surface area contributed by atoms with E-state index < -0.39 is 11.8 Å². The van der Waals surface area contributed by atoms with Gasteiger partial charge in [-0.1, -0.05) is 71.8 Å². The SMILES string of the molecule is Cc1ccc(CNC(=O)C(=O)N/N=C\c2ccccc2OCc2ccc(C)cc2)cc1. The molecule has 0 saturated heterocycles. The largest absolute Gasteiger partial charge is 0.488 e. The molecule has 2 N–H and O–H groups in total. The van der Waals surface area contributed by atoms with Crippen molar-refractivity contribution in [2.24, 2.45) is 5.10 Å². The number of benzene rings is 3. The van der Waals surface area contributed by atoms with Gasteiger partial charge in [-0.2, -0.15) is 5.10 Å². The van der Waals surface area contributed by atoms with Crippen LogP contribution < -0.4 is 15.5 Å². The van der Waals surface area contributed by atoms with Crippen LogP contribution in [-0.2, 0) is 22.7 Å². The monoisotopic (exact) mass is 415 g/mol. The highest BCUT2D eigenvalue weighted by atomic mass is 16.5. The van der Waals surface area contributed by atoms with E-state index in [9.17, 15) is 9.59 Å². The number of ether oxygens (including phenoxy) is 1. The highest BCUT2D eigenvalue weighted by Crippen LogP contribution is 2.17. The number of hydrogen-bond donors (Lipinski definition) is 2. The lowest BCUT2D eigenvalue weighted by atomic mass is 10.1. The van der Waals surface area contributed by atoms with E-state index in [1.165, 1.54) is 11.8 Å². The van der Waals surface area contributed by atoms with Gasteiger partial charge in [0.15, 0.2) is 0 Å². The lowest BCUT2D eigenvalue weighted by Crippen LogP contribution is -2.37. The molecule has 0 saturated carbocycles. The number of nitrogens with one attached hydrogen (secondary N) is 2. The van der Waals surface area contributed by atoms with Crippen molar-refractivity contribution in [3.05, 3.63) is 101 Å². The Morgan fingerprint density at radius 1 is 0.839 bits per heavy atom. The summed E-state index contributed by atoms with van der Waals surface area (Å²) < 4.78 is 5.88. The Morgan fingerprint density at radius 2 is 1.45 bits per heavy atom. The first-order valence-corrected chi connectivity index (χ1v) is 9.95. The number of hydrogen-bond acceptors (Lipinski definition) is 4. The quantitative estimate of drug-likeness (QED) is 0.351. The van der Waals surface area contributed by atoms with Crippen molar-refractivity contribution in [3.8, 4) is 5.75 Å². The molecule has 0 unspecified atom stereocenters. The maximum absolute atomic E-state index is 12.0. The molecule has 0 aliphatic carbocycles. The van der Waals surface area contributed by atoms with Crippen LogP contribution in [-0.4, -0.2) is 18.0 Å². The van der Waals surface area contributed by atoms with Gasteiger partial charge in [-0.05, 0) is 37.1 Å². The number of carbonyl (C=O) groups is 2. The first-order valence-electron chi connectivity index (χ1n) is 9.95. The molecule has 0 fully saturated rings. The molecule has 0 bridgehead atoms. The van der Waals surface area contributed by atoms with Crippen LogP contribution in [0.3, 0.4) is 0 Å². The van der Waals surface area contributed by atoms with E-state index in [0.29, 0.717) is 17.9 Å². The minimum absolute atomic E-state index is 0.270. The van der Waals surface area contributed by atoms with Crippen molar-refractivity contribution in [3.63, 3.8) is 0 Å². The molecule has 0 atom stereocenters. The van der Waals surface area contributed by atoms with Gasteiger partial charge in [0.2, 0.25) is 0 Å². The summed E-state index contributed by atoms with van der Waals surface area (Å²) in [5.74, 6) is -0.951. The average Bonchev–Trinajstić information content (AvgIpc) is 2.78. The van der Waals surface area contributed by atoms with E-state index >= 15 is 0 Å². The van der Waals surface area contributed by atoms with Crippen LogP contribution in [0.4, 0.5) is 0 Å². The number of nitrogens with zero attached hydrogens (tertiary/aromatic N) is 1. The molecular formula is C25H25N3O3. The summed E-state index contributed by atoms with van der Waals surface area (Å²) in [6.07, 6.45) is 1.45. The molecule has 6 nitrogen and oxygen atoms in total. The summed E-state index contributed by atoms with van der Waals surface area (Å²) in [5.41, 5.74) is 7.22. The van der Waals surface area contributed by atoms with Gasteiger partial charge >= 0.3 is 11.8 Å². The van der Waals surface area contributed by atoms with Crippen molar-refractivity contribution in [1.82, 2.24) is 10.7 Å². The summed E-state index contributed by atoms with van der Waals surface area (Å²) in [6, 6.07) is 23.1. The van der Waals surface area contributed by atoms with Gasteiger partial charge in [-0.15, -0.1) is 0 Å². The maximum atomic E-state index is 12.0. The predicted octanol–water partition coefficient (Wildman–Crippen LogP) is 3.65. The summed E-state index contributed by atoms with van der Waals surface area (Å²) >= 11 is 0. The molecule has 158 valence electrons. The predicted molar refractivity (Wildman–Crippen MR) is 121 cm³/mol. The zero-order valence-corrected chi connectivity index (χ0v) is 17.6. The van der Waals surface area contributed by atoms with Crippen LogP contribution in [0.2, 0.25) is 0 Å². The highest BCUT2D eigenvalue weighted by Gasteiger charge is 2.12. The molecule has 31 heavy (non-hydrogen) atoms. The topological polar surface area (TPSA) is 79.8 Å². The molecule has 0 radical (unpaired) electrons. The van der Waals surface area contributed by atoms with Crippen molar-refractivity contribution >= 4 is 18.0 Å². The first kappa shape index (κ1) is 21.8. The van der Waals surface area contributed by atoms with Gasteiger partial charge in [0.05, 0.1) is 6.21 Å². The maximum Gasteiger partial charge on any atom is 0.329 e. The normalized spacial score (nSPS) is 10.6. The summed E-state index contributed by atoms with van der Waals surface area (Å²) in [5, 5.41) is 6.46. The van der Waals surface area contributed by atoms with Crippen LogP contribution in [0.15, 0.2) is 77.9 Å². The molecular weight excluding hydrogens is 390 g/mol. The van der Waals surface area contributed by atoms with Gasteiger partial charge in [-0.25, -0.2) is 5.43 Å². The molecule has 3 aromatic carbocycles. The van der Waals surface area contributed by atoms with E-state index in [0.717, 1.165) is 16.7 Å². The third-order valence-corrected chi connectivity index (χ3v) is 4.58. The Kier molecular flexibility index (Phi) is 7.54. The van der Waals surface area contributed by atoms with E-state index in [2.05, 4.69) is 15.8 Å². The fourth-order valence-electron chi connectivity index (χ4n) is 2.74. The average molecular weight is 415 g/mol. The molecule has 0 aliphatic rings. The molecule has 0 aliphatic heterocycles. The first-order chi connectivity index (χ1) is 15.0. The fourth-order valence-corrected chi connectivity index (χ4v) is 2.74. The zero-order chi connectivity index (χ0) is 22.1. The Bertz CT molecular complexity index is 1060. The Morgan fingerprint density at radius 3 is 2.13 bits per heavy atom. The smallest absolute Gasteiger partial charge is 0.329 e. The van der Waals surface area contributed by atoms with E-state index in [1.807, 2.05) is 86.6 Å². The molecule has 0 heterocycles. The fraction of sp³-hybridized carbons (Fsp3) is 0.160. The van der Waals surface area contributed by atoms with E-state index in [1.54, 1.807) is 0 Å². The van der Waals surface area contributed by atoms with Gasteiger partial charge < -0.3 is 10.1 Å². The minimum Gasteiger partial charge on any atom is -0.488 e. The summed E-state index contributed by atoms with van der Waals surface area (Å²) in [6.45, 7) is 4.71. The van der Waals surface area contributed by atoms with Gasteiger partial charge in [0, 0.05) is 12.1 Å². The lowest BCUT2D eigenvalue weighted by Gasteiger charge is -2.09. The second-order valence-electron chi connectivity index (χ2n) is 7.18. The van der Waals surface area contributed by atoms with Crippen LogP contribution in [0.25, 0.3) is 0 Å². The number of hydrazone groups is 1. The van der Waals surface area contributed by atoms with Gasteiger partial charge in [0.1, 0.15) is 12.4 Å². The van der Waals surface area contributed by atoms with Crippen LogP contribution in [0.1, 0.15) is 27.8 Å². The Labute approximate surface area is 182 Å².